The van der Waals surface area contributed by atoms with Gasteiger partial charge in [-0.1, -0.05) is 13.8 Å². The fraction of sp³-hybridized carbons (Fsp3) is 0.909. The van der Waals surface area contributed by atoms with Crippen LogP contribution in [0.4, 0.5) is 0 Å². The maximum Gasteiger partial charge on any atom is 0.326 e. The van der Waals surface area contributed by atoms with Gasteiger partial charge in [0.15, 0.2) is 0 Å². The lowest BCUT2D eigenvalue weighted by Gasteiger charge is -2.34. The molecule has 0 aromatic carbocycles. The first kappa shape index (κ1) is 11.5. The number of nitrogens with one attached hydrogen (secondary N) is 1. The van der Waals surface area contributed by atoms with Crippen LogP contribution in [0.2, 0.25) is 0 Å². The van der Waals surface area contributed by atoms with Crippen molar-refractivity contribution in [3.8, 4) is 0 Å². The molecule has 0 heterocycles. The summed E-state index contributed by atoms with van der Waals surface area (Å²) in [6.45, 7) is 7.06. The lowest BCUT2D eigenvalue weighted by Crippen LogP contribution is -2.56. The molecule has 82 valence electrons. The van der Waals surface area contributed by atoms with Crippen LogP contribution >= 0.6 is 0 Å². The number of rotatable bonds is 5. The second-order valence-electron chi connectivity index (χ2n) is 4.60. The number of hydrogen-bond donors (Lipinski definition) is 1. The molecule has 0 aliphatic heterocycles. The van der Waals surface area contributed by atoms with E-state index in [0.717, 1.165) is 25.8 Å². The Hall–Kier alpha value is -0.570. The van der Waals surface area contributed by atoms with Gasteiger partial charge in [0.25, 0.3) is 0 Å². The third-order valence-electron chi connectivity index (χ3n) is 3.53. The summed E-state index contributed by atoms with van der Waals surface area (Å²) < 4.78 is 4.88. The van der Waals surface area contributed by atoms with Crippen LogP contribution in [0.3, 0.4) is 0 Å². The van der Waals surface area contributed by atoms with E-state index in [9.17, 15) is 4.79 Å². The standard InChI is InChI=1S/C11H21NO2/c1-5-8-12-11(3,9(13)14-4)10(2)6-7-10/h12H,5-8H2,1-4H3. The molecule has 3 nitrogen and oxygen atoms in total. The zero-order chi connectivity index (χ0) is 10.8. The fourth-order valence-electron chi connectivity index (χ4n) is 1.80. The minimum absolute atomic E-state index is 0.0925. The quantitative estimate of drug-likeness (QED) is 0.685. The van der Waals surface area contributed by atoms with Crippen LogP contribution in [-0.2, 0) is 9.53 Å². The van der Waals surface area contributed by atoms with Gasteiger partial charge in [-0.15, -0.1) is 0 Å². The Kier molecular flexibility index (Phi) is 3.20. The molecule has 0 amide bonds. The molecule has 0 radical (unpaired) electrons. The van der Waals surface area contributed by atoms with Gasteiger partial charge in [0.2, 0.25) is 0 Å². The molecule has 14 heavy (non-hydrogen) atoms. The van der Waals surface area contributed by atoms with E-state index < -0.39 is 5.54 Å². The first-order valence-electron chi connectivity index (χ1n) is 5.33. The SMILES string of the molecule is CCCNC(C)(C(=O)OC)C1(C)CC1. The molecule has 1 rings (SSSR count). The minimum atomic E-state index is -0.502. The van der Waals surface area contributed by atoms with Crippen molar-refractivity contribution in [2.24, 2.45) is 5.41 Å². The summed E-state index contributed by atoms with van der Waals surface area (Å²) in [6, 6.07) is 0. The van der Waals surface area contributed by atoms with Gasteiger partial charge >= 0.3 is 5.97 Å². The third-order valence-corrected chi connectivity index (χ3v) is 3.53. The summed E-state index contributed by atoms with van der Waals surface area (Å²) in [5, 5.41) is 3.32. The summed E-state index contributed by atoms with van der Waals surface area (Å²) >= 11 is 0. The first-order valence-corrected chi connectivity index (χ1v) is 5.33. The topological polar surface area (TPSA) is 38.3 Å². The van der Waals surface area contributed by atoms with Crippen molar-refractivity contribution >= 4 is 5.97 Å². The van der Waals surface area contributed by atoms with Gasteiger partial charge in [0.1, 0.15) is 5.54 Å². The summed E-state index contributed by atoms with van der Waals surface area (Å²) in [6.07, 6.45) is 3.24. The Morgan fingerprint density at radius 1 is 1.57 bits per heavy atom. The summed E-state index contributed by atoms with van der Waals surface area (Å²) in [4.78, 5) is 11.7. The molecule has 0 aromatic heterocycles. The smallest absolute Gasteiger partial charge is 0.326 e. The Bertz CT molecular complexity index is 223. The zero-order valence-corrected chi connectivity index (χ0v) is 9.64. The fourth-order valence-corrected chi connectivity index (χ4v) is 1.80. The predicted molar refractivity (Wildman–Crippen MR) is 56.1 cm³/mol. The van der Waals surface area contributed by atoms with Gasteiger partial charge in [0, 0.05) is 0 Å². The molecule has 3 heteroatoms. The maximum absolute atomic E-state index is 11.7. The van der Waals surface area contributed by atoms with E-state index >= 15 is 0 Å². The molecule has 0 spiro atoms. The van der Waals surface area contributed by atoms with E-state index in [1.165, 1.54) is 7.11 Å². The average Bonchev–Trinajstić information content (AvgIpc) is 2.93. The first-order chi connectivity index (χ1) is 6.50. The highest BCUT2D eigenvalue weighted by Crippen LogP contribution is 2.53. The van der Waals surface area contributed by atoms with Gasteiger partial charge in [-0.05, 0) is 38.1 Å². The van der Waals surface area contributed by atoms with Crippen molar-refractivity contribution in [3.05, 3.63) is 0 Å². The van der Waals surface area contributed by atoms with Crippen molar-refractivity contribution in [1.82, 2.24) is 5.32 Å². The summed E-state index contributed by atoms with van der Waals surface area (Å²) in [5.74, 6) is -0.133. The van der Waals surface area contributed by atoms with Crippen molar-refractivity contribution in [3.63, 3.8) is 0 Å². The largest absolute Gasteiger partial charge is 0.468 e. The molecule has 1 unspecified atom stereocenters. The Balaban J connectivity index is 2.73. The van der Waals surface area contributed by atoms with E-state index in [1.807, 2.05) is 6.92 Å². The van der Waals surface area contributed by atoms with Crippen LogP contribution in [0.25, 0.3) is 0 Å². The highest BCUT2D eigenvalue weighted by Gasteiger charge is 2.57. The van der Waals surface area contributed by atoms with E-state index in [1.54, 1.807) is 0 Å². The number of carbonyl (C=O) groups excluding carboxylic acids is 1. The van der Waals surface area contributed by atoms with Crippen molar-refractivity contribution in [2.45, 2.75) is 45.6 Å². The number of hydrogen-bond acceptors (Lipinski definition) is 3. The van der Waals surface area contributed by atoms with E-state index in [4.69, 9.17) is 4.74 Å². The van der Waals surface area contributed by atoms with Gasteiger partial charge < -0.3 is 10.1 Å². The monoisotopic (exact) mass is 199 g/mol. The van der Waals surface area contributed by atoms with Crippen LogP contribution < -0.4 is 5.32 Å². The maximum atomic E-state index is 11.7. The third kappa shape index (κ3) is 1.78. The predicted octanol–water partition coefficient (Wildman–Crippen LogP) is 1.72. The van der Waals surface area contributed by atoms with E-state index in [2.05, 4.69) is 19.2 Å². The van der Waals surface area contributed by atoms with Gasteiger partial charge in [0.05, 0.1) is 7.11 Å². The molecular weight excluding hydrogens is 178 g/mol. The van der Waals surface area contributed by atoms with Crippen LogP contribution in [0.5, 0.6) is 0 Å². The van der Waals surface area contributed by atoms with Crippen LogP contribution in [0, 0.1) is 5.41 Å². The van der Waals surface area contributed by atoms with Gasteiger partial charge in [-0.2, -0.15) is 0 Å². The molecule has 1 N–H and O–H groups in total. The van der Waals surface area contributed by atoms with Crippen LogP contribution in [0.1, 0.15) is 40.0 Å². The zero-order valence-electron chi connectivity index (χ0n) is 9.64. The van der Waals surface area contributed by atoms with Crippen LogP contribution in [-0.4, -0.2) is 25.2 Å². The Morgan fingerprint density at radius 2 is 2.14 bits per heavy atom. The van der Waals surface area contributed by atoms with E-state index in [0.29, 0.717) is 0 Å². The molecule has 1 atom stereocenters. The van der Waals surface area contributed by atoms with E-state index in [-0.39, 0.29) is 11.4 Å². The summed E-state index contributed by atoms with van der Waals surface area (Å²) in [7, 11) is 1.46. The van der Waals surface area contributed by atoms with Crippen LogP contribution in [0.15, 0.2) is 0 Å². The molecule has 0 saturated heterocycles. The molecule has 1 saturated carbocycles. The van der Waals surface area contributed by atoms with Crippen molar-refractivity contribution in [2.75, 3.05) is 13.7 Å². The van der Waals surface area contributed by atoms with Gasteiger partial charge in [-0.3, -0.25) is 4.79 Å². The van der Waals surface area contributed by atoms with Crippen molar-refractivity contribution < 1.29 is 9.53 Å². The second kappa shape index (κ2) is 3.89. The highest BCUT2D eigenvalue weighted by molar-refractivity contribution is 5.82. The number of carbonyl (C=O) groups is 1. The highest BCUT2D eigenvalue weighted by atomic mass is 16.5. The molecule has 1 fully saturated rings. The normalized spacial score (nSPS) is 22.6. The number of esters is 1. The molecule has 1 aliphatic carbocycles. The summed E-state index contributed by atoms with van der Waals surface area (Å²) in [5.41, 5.74) is -0.410. The number of ether oxygens (including phenoxy) is 1. The molecule has 1 aliphatic rings. The molecule has 0 bridgehead atoms. The Morgan fingerprint density at radius 3 is 2.50 bits per heavy atom. The average molecular weight is 199 g/mol. The lowest BCUT2D eigenvalue weighted by molar-refractivity contribution is -0.150. The Labute approximate surface area is 86.2 Å². The van der Waals surface area contributed by atoms with Crippen molar-refractivity contribution in [1.29, 1.82) is 0 Å². The minimum Gasteiger partial charge on any atom is -0.468 e. The molecule has 0 aromatic rings. The molecular formula is C11H21NO2. The number of methoxy groups -OCH3 is 1. The second-order valence-corrected chi connectivity index (χ2v) is 4.60. The van der Waals surface area contributed by atoms with Gasteiger partial charge in [-0.25, -0.2) is 0 Å². The lowest BCUT2D eigenvalue weighted by atomic mass is 9.83.